The van der Waals surface area contributed by atoms with Crippen LogP contribution < -0.4 is 9.47 Å². The van der Waals surface area contributed by atoms with Gasteiger partial charge in [0.15, 0.2) is 17.3 Å². The van der Waals surface area contributed by atoms with Gasteiger partial charge in [0, 0.05) is 35.0 Å². The summed E-state index contributed by atoms with van der Waals surface area (Å²) in [5.74, 6) is 2.72. The predicted octanol–water partition coefficient (Wildman–Crippen LogP) is 4.66. The van der Waals surface area contributed by atoms with Crippen molar-refractivity contribution in [2.24, 2.45) is 5.41 Å². The van der Waals surface area contributed by atoms with Crippen LogP contribution in [0.3, 0.4) is 0 Å². The fraction of sp³-hybridized carbons (Fsp3) is 0.571. The van der Waals surface area contributed by atoms with Crippen LogP contribution in [-0.4, -0.2) is 27.1 Å². The molecule has 1 aromatic carbocycles. The minimum Gasteiger partial charge on any atom is -0.501 e. The predicted molar refractivity (Wildman–Crippen MR) is 99.4 cm³/mol. The summed E-state index contributed by atoms with van der Waals surface area (Å²) in [5.41, 5.74) is 2.43. The number of hydrogen-bond donors (Lipinski definition) is 0. The molecule has 4 nitrogen and oxygen atoms in total. The number of allylic oxidation sites excluding steroid dienone is 2. The smallest absolute Gasteiger partial charge is 0.168 e. The molecule has 0 N–H and O–H groups in total. The number of carbonyl (C=O) groups is 1. The summed E-state index contributed by atoms with van der Waals surface area (Å²) >= 11 is 0. The Balaban J connectivity index is 2.52. The van der Waals surface area contributed by atoms with Gasteiger partial charge in [-0.15, -0.1) is 0 Å². The number of methoxy groups -OCH3 is 3. The fourth-order valence-electron chi connectivity index (χ4n) is 3.47. The molecule has 0 fully saturated rings. The first-order valence-electron chi connectivity index (χ1n) is 8.81. The van der Waals surface area contributed by atoms with Gasteiger partial charge in [-0.2, -0.15) is 0 Å². The van der Waals surface area contributed by atoms with Crippen LogP contribution in [0.1, 0.15) is 57.6 Å². The Hall–Kier alpha value is -1.97. The standard InChI is InChI=1S/C21H30O4/c1-13(2)15-9-8-14(18(24-6)19(15)25-7)12-16-17(23-5)10-11-21(3,4)20(16)22/h8-9,13H,10-12H2,1-7H3. The number of rotatable bonds is 6. The summed E-state index contributed by atoms with van der Waals surface area (Å²) < 4.78 is 16.8. The maximum absolute atomic E-state index is 12.9. The van der Waals surface area contributed by atoms with E-state index in [1.807, 2.05) is 19.9 Å². The average molecular weight is 346 g/mol. The van der Waals surface area contributed by atoms with Crippen molar-refractivity contribution in [3.05, 3.63) is 34.6 Å². The van der Waals surface area contributed by atoms with Crippen LogP contribution in [-0.2, 0) is 16.0 Å². The Morgan fingerprint density at radius 1 is 1.04 bits per heavy atom. The molecule has 0 atom stereocenters. The van der Waals surface area contributed by atoms with Crippen molar-refractivity contribution in [2.45, 2.75) is 52.9 Å². The lowest BCUT2D eigenvalue weighted by molar-refractivity contribution is -0.124. The molecular formula is C21H30O4. The molecule has 25 heavy (non-hydrogen) atoms. The molecule has 0 amide bonds. The summed E-state index contributed by atoms with van der Waals surface area (Å²) in [6.45, 7) is 8.24. The van der Waals surface area contributed by atoms with Crippen LogP contribution in [0.5, 0.6) is 11.5 Å². The van der Waals surface area contributed by atoms with Crippen molar-refractivity contribution in [3.63, 3.8) is 0 Å². The van der Waals surface area contributed by atoms with Gasteiger partial charge in [-0.05, 0) is 12.3 Å². The molecule has 4 heteroatoms. The van der Waals surface area contributed by atoms with E-state index in [2.05, 4.69) is 19.9 Å². The Bertz CT molecular complexity index is 683. The topological polar surface area (TPSA) is 44.8 Å². The second kappa shape index (κ2) is 7.51. The van der Waals surface area contributed by atoms with E-state index in [1.54, 1.807) is 21.3 Å². The first-order valence-corrected chi connectivity index (χ1v) is 8.81. The van der Waals surface area contributed by atoms with E-state index in [9.17, 15) is 4.79 Å². The van der Waals surface area contributed by atoms with E-state index >= 15 is 0 Å². The lowest BCUT2D eigenvalue weighted by Gasteiger charge is -2.31. The fourth-order valence-corrected chi connectivity index (χ4v) is 3.47. The molecule has 138 valence electrons. The second-order valence-electron chi connectivity index (χ2n) is 7.53. The maximum atomic E-state index is 12.9. The van der Waals surface area contributed by atoms with Crippen LogP contribution >= 0.6 is 0 Å². The zero-order valence-corrected chi connectivity index (χ0v) is 16.5. The Morgan fingerprint density at radius 3 is 2.20 bits per heavy atom. The van der Waals surface area contributed by atoms with Crippen molar-refractivity contribution in [2.75, 3.05) is 21.3 Å². The monoisotopic (exact) mass is 346 g/mol. The molecule has 1 aliphatic carbocycles. The second-order valence-corrected chi connectivity index (χ2v) is 7.53. The van der Waals surface area contributed by atoms with Gasteiger partial charge in [0.25, 0.3) is 0 Å². The van der Waals surface area contributed by atoms with Gasteiger partial charge in [-0.25, -0.2) is 0 Å². The van der Waals surface area contributed by atoms with E-state index in [0.29, 0.717) is 18.1 Å². The SMILES string of the molecule is COC1=C(Cc2ccc(C(C)C)c(OC)c2OC)C(=O)C(C)(C)CC1. The summed E-state index contributed by atoms with van der Waals surface area (Å²) in [7, 11) is 4.94. The molecule has 2 rings (SSSR count). The molecule has 0 spiro atoms. The highest BCUT2D eigenvalue weighted by atomic mass is 16.5. The van der Waals surface area contributed by atoms with Crippen molar-refractivity contribution in [1.29, 1.82) is 0 Å². The van der Waals surface area contributed by atoms with Crippen LogP contribution in [0.4, 0.5) is 0 Å². The summed E-state index contributed by atoms with van der Waals surface area (Å²) in [4.78, 5) is 12.9. The molecule has 0 bridgehead atoms. The average Bonchev–Trinajstić information content (AvgIpc) is 2.58. The number of ether oxygens (including phenoxy) is 3. The molecule has 0 saturated carbocycles. The highest BCUT2D eigenvalue weighted by Gasteiger charge is 2.37. The van der Waals surface area contributed by atoms with Gasteiger partial charge in [-0.1, -0.05) is 39.8 Å². The molecule has 1 aromatic rings. The zero-order valence-electron chi connectivity index (χ0n) is 16.5. The summed E-state index contributed by atoms with van der Waals surface area (Å²) in [6.07, 6.45) is 2.09. The van der Waals surface area contributed by atoms with Crippen LogP contribution in [0, 0.1) is 5.41 Å². The van der Waals surface area contributed by atoms with Gasteiger partial charge >= 0.3 is 0 Å². The molecule has 0 heterocycles. The number of ketones is 1. The number of carbonyl (C=O) groups excluding carboxylic acids is 1. The largest absolute Gasteiger partial charge is 0.501 e. The van der Waals surface area contributed by atoms with Gasteiger partial charge in [-0.3, -0.25) is 4.79 Å². The van der Waals surface area contributed by atoms with Crippen molar-refractivity contribution < 1.29 is 19.0 Å². The molecule has 0 saturated heterocycles. The third-order valence-electron chi connectivity index (χ3n) is 5.07. The van der Waals surface area contributed by atoms with E-state index in [1.165, 1.54) is 0 Å². The third-order valence-corrected chi connectivity index (χ3v) is 5.07. The molecule has 0 radical (unpaired) electrons. The van der Waals surface area contributed by atoms with E-state index < -0.39 is 0 Å². The zero-order chi connectivity index (χ0) is 18.8. The molecular weight excluding hydrogens is 316 g/mol. The molecule has 1 aliphatic rings. The van der Waals surface area contributed by atoms with Gasteiger partial charge in [0.1, 0.15) is 5.76 Å². The lowest BCUT2D eigenvalue weighted by Crippen LogP contribution is -2.31. The first-order chi connectivity index (χ1) is 11.8. The van der Waals surface area contributed by atoms with Crippen molar-refractivity contribution in [1.82, 2.24) is 0 Å². The summed E-state index contributed by atoms with van der Waals surface area (Å²) in [5, 5.41) is 0. The van der Waals surface area contributed by atoms with E-state index in [-0.39, 0.29) is 11.2 Å². The minimum absolute atomic E-state index is 0.157. The lowest BCUT2D eigenvalue weighted by atomic mass is 9.74. The van der Waals surface area contributed by atoms with E-state index in [0.717, 1.165) is 41.1 Å². The Kier molecular flexibility index (Phi) is 5.81. The molecule has 0 aliphatic heterocycles. The third kappa shape index (κ3) is 3.68. The van der Waals surface area contributed by atoms with Crippen LogP contribution in [0.15, 0.2) is 23.5 Å². The van der Waals surface area contributed by atoms with Gasteiger partial charge < -0.3 is 14.2 Å². The van der Waals surface area contributed by atoms with Gasteiger partial charge in [0.05, 0.1) is 21.3 Å². The maximum Gasteiger partial charge on any atom is 0.168 e. The molecule has 0 unspecified atom stereocenters. The van der Waals surface area contributed by atoms with Crippen molar-refractivity contribution in [3.8, 4) is 11.5 Å². The van der Waals surface area contributed by atoms with E-state index in [4.69, 9.17) is 14.2 Å². The Labute approximate surface area is 151 Å². The number of hydrogen-bond acceptors (Lipinski definition) is 4. The normalized spacial score (nSPS) is 17.0. The van der Waals surface area contributed by atoms with Crippen LogP contribution in [0.2, 0.25) is 0 Å². The molecule has 0 aromatic heterocycles. The first kappa shape index (κ1) is 19.4. The Morgan fingerprint density at radius 2 is 1.68 bits per heavy atom. The highest BCUT2D eigenvalue weighted by molar-refractivity contribution is 6.01. The number of benzene rings is 1. The number of Topliss-reactive ketones (excluding diaryl/α,β-unsaturated/α-hetero) is 1. The van der Waals surface area contributed by atoms with Crippen LogP contribution in [0.25, 0.3) is 0 Å². The van der Waals surface area contributed by atoms with Crippen molar-refractivity contribution >= 4 is 5.78 Å². The highest BCUT2D eigenvalue weighted by Crippen LogP contribution is 2.42. The minimum atomic E-state index is -0.355. The summed E-state index contributed by atoms with van der Waals surface area (Å²) in [6, 6.07) is 4.10. The van der Waals surface area contributed by atoms with Gasteiger partial charge in [0.2, 0.25) is 0 Å². The quantitative estimate of drug-likeness (QED) is 0.751.